The molecule has 1 atom stereocenters. The Morgan fingerprint density at radius 2 is 2.36 bits per heavy atom. The van der Waals surface area contributed by atoms with Gasteiger partial charge >= 0.3 is 5.97 Å². The lowest BCUT2D eigenvalue weighted by atomic mass is 9.89. The van der Waals surface area contributed by atoms with Crippen LogP contribution in [0.4, 0.5) is 0 Å². The minimum atomic E-state index is -0.763. The maximum absolute atomic E-state index is 11.0. The first kappa shape index (κ1) is 10.4. The number of rotatable bonds is 1. The molecule has 0 aromatic carbocycles. The highest BCUT2D eigenvalue weighted by Crippen LogP contribution is 2.36. The lowest BCUT2D eigenvalue weighted by Gasteiger charge is -2.17. The van der Waals surface area contributed by atoms with Gasteiger partial charge in [0.2, 0.25) is 0 Å². The topological polar surface area (TPSA) is 37.3 Å². The van der Waals surface area contributed by atoms with E-state index in [0.717, 1.165) is 27.7 Å². The third-order valence-electron chi connectivity index (χ3n) is 2.68. The maximum Gasteiger partial charge on any atom is 0.337 e. The fourth-order valence-electron chi connectivity index (χ4n) is 1.93. The summed E-state index contributed by atoms with van der Waals surface area (Å²) in [4.78, 5) is 12.3. The Kier molecular flexibility index (Phi) is 2.83. The van der Waals surface area contributed by atoms with Crippen LogP contribution in [0.3, 0.4) is 0 Å². The third-order valence-corrected chi connectivity index (χ3v) is 4.93. The summed E-state index contributed by atoms with van der Waals surface area (Å²) in [6, 6.07) is 0. The SMILES string of the molecule is CC1CCc2c(sc(I)c2C(=O)O)C1. The van der Waals surface area contributed by atoms with Crippen LogP contribution in [-0.4, -0.2) is 11.1 Å². The molecule has 1 aromatic rings. The van der Waals surface area contributed by atoms with Crippen molar-refractivity contribution >= 4 is 39.9 Å². The average molecular weight is 322 g/mol. The van der Waals surface area contributed by atoms with Gasteiger partial charge in [0, 0.05) is 4.88 Å². The fraction of sp³-hybridized carbons (Fsp3) is 0.500. The molecule has 1 N–H and O–H groups in total. The lowest BCUT2D eigenvalue weighted by Crippen LogP contribution is -2.11. The van der Waals surface area contributed by atoms with E-state index in [1.807, 2.05) is 0 Å². The van der Waals surface area contributed by atoms with E-state index in [4.69, 9.17) is 5.11 Å². The zero-order valence-corrected chi connectivity index (χ0v) is 10.8. The van der Waals surface area contributed by atoms with Crippen molar-refractivity contribution in [1.82, 2.24) is 0 Å². The van der Waals surface area contributed by atoms with Crippen LogP contribution < -0.4 is 0 Å². The van der Waals surface area contributed by atoms with E-state index in [-0.39, 0.29) is 0 Å². The van der Waals surface area contributed by atoms with Crippen molar-refractivity contribution < 1.29 is 9.90 Å². The van der Waals surface area contributed by atoms with E-state index >= 15 is 0 Å². The second-order valence-corrected chi connectivity index (χ2v) is 6.72. The van der Waals surface area contributed by atoms with Gasteiger partial charge in [-0.2, -0.15) is 0 Å². The van der Waals surface area contributed by atoms with Crippen molar-refractivity contribution in [3.05, 3.63) is 18.9 Å². The zero-order valence-electron chi connectivity index (χ0n) is 7.84. The van der Waals surface area contributed by atoms with Crippen LogP contribution in [0.5, 0.6) is 0 Å². The van der Waals surface area contributed by atoms with Crippen LogP contribution in [0.25, 0.3) is 0 Å². The highest BCUT2D eigenvalue weighted by Gasteiger charge is 2.25. The molecule has 76 valence electrons. The molecule has 0 saturated carbocycles. The molecule has 0 fully saturated rings. The third kappa shape index (κ3) is 1.69. The van der Waals surface area contributed by atoms with E-state index in [1.165, 1.54) is 4.88 Å². The van der Waals surface area contributed by atoms with Gasteiger partial charge in [0.25, 0.3) is 0 Å². The molecule has 0 amide bonds. The van der Waals surface area contributed by atoms with E-state index < -0.39 is 5.97 Å². The Morgan fingerprint density at radius 1 is 1.64 bits per heavy atom. The van der Waals surface area contributed by atoms with Crippen molar-refractivity contribution in [1.29, 1.82) is 0 Å². The summed E-state index contributed by atoms with van der Waals surface area (Å²) >= 11 is 3.80. The molecular formula is C10H11IO2S. The van der Waals surface area contributed by atoms with Crippen LogP contribution in [0.1, 0.15) is 34.1 Å². The van der Waals surface area contributed by atoms with Gasteiger partial charge < -0.3 is 5.11 Å². The number of thiophene rings is 1. The molecule has 2 nitrogen and oxygen atoms in total. The first-order valence-corrected chi connectivity index (χ1v) is 6.52. The maximum atomic E-state index is 11.0. The van der Waals surface area contributed by atoms with Crippen LogP contribution in [0.2, 0.25) is 0 Å². The van der Waals surface area contributed by atoms with Crippen molar-refractivity contribution in [2.45, 2.75) is 26.2 Å². The summed E-state index contributed by atoms with van der Waals surface area (Å²) in [5.74, 6) is -0.0555. The molecule has 0 saturated heterocycles. The fourth-order valence-corrected chi connectivity index (χ4v) is 4.51. The van der Waals surface area contributed by atoms with Crippen molar-refractivity contribution in [2.75, 3.05) is 0 Å². The smallest absolute Gasteiger partial charge is 0.337 e. The number of carbonyl (C=O) groups is 1. The molecule has 0 bridgehead atoms. The van der Waals surface area contributed by atoms with Crippen LogP contribution >= 0.6 is 33.9 Å². The quantitative estimate of drug-likeness (QED) is 0.807. The van der Waals surface area contributed by atoms with Crippen LogP contribution in [0, 0.1) is 8.80 Å². The lowest BCUT2D eigenvalue weighted by molar-refractivity contribution is 0.0695. The van der Waals surface area contributed by atoms with Gasteiger partial charge in [-0.15, -0.1) is 11.3 Å². The Labute approximate surface area is 100 Å². The summed E-state index contributed by atoms with van der Waals surface area (Å²) in [6.07, 6.45) is 3.13. The van der Waals surface area contributed by atoms with E-state index in [2.05, 4.69) is 29.5 Å². The highest BCUT2D eigenvalue weighted by atomic mass is 127. The summed E-state index contributed by atoms with van der Waals surface area (Å²) in [5.41, 5.74) is 1.67. The van der Waals surface area contributed by atoms with Crippen molar-refractivity contribution in [3.8, 4) is 0 Å². The molecule has 1 aliphatic carbocycles. The highest BCUT2D eigenvalue weighted by molar-refractivity contribution is 14.1. The predicted molar refractivity (Wildman–Crippen MR) is 65.2 cm³/mol. The molecular weight excluding hydrogens is 311 g/mol. The van der Waals surface area contributed by atoms with E-state index in [9.17, 15) is 4.79 Å². The molecule has 1 aromatic heterocycles. The first-order valence-electron chi connectivity index (χ1n) is 4.63. The molecule has 14 heavy (non-hydrogen) atoms. The van der Waals surface area contributed by atoms with Crippen molar-refractivity contribution in [3.63, 3.8) is 0 Å². The number of hydrogen-bond acceptors (Lipinski definition) is 2. The number of hydrogen-bond donors (Lipinski definition) is 1. The van der Waals surface area contributed by atoms with Crippen molar-refractivity contribution in [2.24, 2.45) is 5.92 Å². The Bertz CT molecular complexity index is 384. The Balaban J connectivity index is 2.49. The second-order valence-electron chi connectivity index (χ2n) is 3.81. The van der Waals surface area contributed by atoms with Gasteiger partial charge in [0.15, 0.2) is 0 Å². The molecule has 1 unspecified atom stereocenters. The number of fused-ring (bicyclic) bond motifs is 1. The summed E-state index contributed by atoms with van der Waals surface area (Å²) in [7, 11) is 0. The van der Waals surface area contributed by atoms with E-state index in [0.29, 0.717) is 11.5 Å². The van der Waals surface area contributed by atoms with E-state index in [1.54, 1.807) is 11.3 Å². The standard InChI is InChI=1S/C10H11IO2S/c1-5-2-3-6-7(4-5)14-9(11)8(6)10(12)13/h5H,2-4H2,1H3,(H,12,13). The number of aromatic carboxylic acids is 1. The van der Waals surface area contributed by atoms with Gasteiger partial charge in [-0.3, -0.25) is 0 Å². The molecule has 4 heteroatoms. The molecule has 0 aliphatic heterocycles. The summed E-state index contributed by atoms with van der Waals surface area (Å²) in [5, 5.41) is 9.08. The predicted octanol–water partition coefficient (Wildman–Crippen LogP) is 3.18. The number of carboxylic acids is 1. The normalized spacial score (nSPS) is 20.6. The monoisotopic (exact) mass is 322 g/mol. The Morgan fingerprint density at radius 3 is 3.00 bits per heavy atom. The molecule has 1 aliphatic rings. The largest absolute Gasteiger partial charge is 0.478 e. The minimum absolute atomic E-state index is 0.567. The van der Waals surface area contributed by atoms with Gasteiger partial charge in [-0.05, 0) is 53.3 Å². The minimum Gasteiger partial charge on any atom is -0.478 e. The summed E-state index contributed by atoms with van der Waals surface area (Å²) in [6.45, 7) is 2.23. The molecule has 2 rings (SSSR count). The van der Waals surface area contributed by atoms with Crippen LogP contribution in [0.15, 0.2) is 0 Å². The Hall–Kier alpha value is -0.100. The average Bonchev–Trinajstić information content (AvgIpc) is 2.39. The second kappa shape index (κ2) is 3.81. The molecule has 0 spiro atoms. The van der Waals surface area contributed by atoms with Crippen LogP contribution in [-0.2, 0) is 12.8 Å². The van der Waals surface area contributed by atoms with Gasteiger partial charge in [-0.25, -0.2) is 4.79 Å². The van der Waals surface area contributed by atoms with Gasteiger partial charge in [0.05, 0.1) is 8.45 Å². The number of carboxylic acid groups (broad SMARTS) is 1. The molecule has 1 heterocycles. The zero-order chi connectivity index (χ0) is 10.3. The molecule has 0 radical (unpaired) electrons. The van der Waals surface area contributed by atoms with Gasteiger partial charge in [-0.1, -0.05) is 6.92 Å². The van der Waals surface area contributed by atoms with Gasteiger partial charge in [0.1, 0.15) is 0 Å². The number of halogens is 1. The first-order chi connectivity index (χ1) is 6.59. The summed E-state index contributed by atoms with van der Waals surface area (Å²) < 4.78 is 0.939.